The number of allylic oxidation sites excluding steroid dienone is 1. The molecule has 0 aliphatic heterocycles. The summed E-state index contributed by atoms with van der Waals surface area (Å²) in [5, 5.41) is 7.27. The Morgan fingerprint density at radius 2 is 1.74 bits per heavy atom. The Bertz CT molecular complexity index is 1340. The molecule has 0 atom stereocenters. The largest absolute Gasteiger partial charge is 1.00 e. The third-order valence-electron chi connectivity index (χ3n) is 6.47. The van der Waals surface area contributed by atoms with E-state index in [0.29, 0.717) is 28.6 Å². The average Bonchev–Trinajstić information content (AvgIpc) is 3.79. The number of aryl methyl sites for hydroxylation is 1. The van der Waals surface area contributed by atoms with Gasteiger partial charge in [0.05, 0.1) is 5.57 Å². The predicted molar refractivity (Wildman–Crippen MR) is 149 cm³/mol. The normalized spacial score (nSPS) is 16.5. The van der Waals surface area contributed by atoms with E-state index in [0.717, 1.165) is 47.9 Å². The number of benzene rings is 2. The third-order valence-corrected chi connectivity index (χ3v) is 6.47. The zero-order valence-corrected chi connectivity index (χ0v) is 25.3. The van der Waals surface area contributed by atoms with Gasteiger partial charge in [0.15, 0.2) is 0 Å². The molecule has 2 aliphatic carbocycles. The van der Waals surface area contributed by atoms with E-state index in [-0.39, 0.29) is 75.0 Å². The van der Waals surface area contributed by atoms with Crippen molar-refractivity contribution in [2.75, 3.05) is 12.4 Å². The predicted octanol–water partition coefficient (Wildman–Crippen LogP) is 1.34. The Balaban J connectivity index is 0.00000400. The molecule has 0 unspecified atom stereocenters. The van der Waals surface area contributed by atoms with Crippen molar-refractivity contribution in [3.63, 3.8) is 0 Å². The molecule has 0 spiro atoms. The van der Waals surface area contributed by atoms with E-state index in [1.54, 1.807) is 19.2 Å². The SMILES string of the molecule is C[N-]/C(=C\C(N)=NC(=O)C1CC1)c1cccc(-c2cc(NC(=O)C(/C=C(\N)C3CC3)=C/N)ccc2C)c1.[K+]. The molecule has 8 nitrogen and oxygen atoms in total. The minimum absolute atomic E-state index is 0. The zero-order valence-electron chi connectivity index (χ0n) is 22.2. The first kappa shape index (κ1) is 29.9. The quantitative estimate of drug-likeness (QED) is 0.125. The molecule has 0 saturated heterocycles. The van der Waals surface area contributed by atoms with E-state index in [2.05, 4.69) is 15.6 Å². The van der Waals surface area contributed by atoms with Gasteiger partial charge in [0.2, 0.25) is 0 Å². The van der Waals surface area contributed by atoms with E-state index in [4.69, 9.17) is 17.2 Å². The summed E-state index contributed by atoms with van der Waals surface area (Å²) in [4.78, 5) is 28.8. The van der Waals surface area contributed by atoms with Gasteiger partial charge in [-0.3, -0.25) is 9.59 Å². The molecule has 0 bridgehead atoms. The number of nitrogens with zero attached hydrogens (tertiary/aromatic N) is 2. The fourth-order valence-electron chi connectivity index (χ4n) is 3.96. The molecular formula is C29H33KN6O2. The number of aliphatic imine (C=N–C) groups is 1. The number of nitrogens with two attached hydrogens (primary N) is 3. The maximum Gasteiger partial charge on any atom is 1.00 e. The summed E-state index contributed by atoms with van der Waals surface area (Å²) in [7, 11) is 1.67. The van der Waals surface area contributed by atoms with Crippen LogP contribution in [-0.4, -0.2) is 24.7 Å². The van der Waals surface area contributed by atoms with Crippen LogP contribution in [0.2, 0.25) is 0 Å². The summed E-state index contributed by atoms with van der Waals surface area (Å²) in [6.07, 6.45) is 8.38. The monoisotopic (exact) mass is 536 g/mol. The van der Waals surface area contributed by atoms with Crippen LogP contribution < -0.4 is 73.9 Å². The molecule has 4 rings (SSSR count). The first-order valence-corrected chi connectivity index (χ1v) is 12.4. The molecular weight excluding hydrogens is 503 g/mol. The Morgan fingerprint density at radius 3 is 2.37 bits per heavy atom. The van der Waals surface area contributed by atoms with Crippen molar-refractivity contribution >= 4 is 29.0 Å². The molecule has 38 heavy (non-hydrogen) atoms. The number of rotatable bonds is 9. The summed E-state index contributed by atoms with van der Waals surface area (Å²) in [6.45, 7) is 2.01. The molecule has 2 saturated carbocycles. The maximum absolute atomic E-state index is 12.8. The molecule has 2 aromatic rings. The van der Waals surface area contributed by atoms with Gasteiger partial charge in [-0.05, 0) is 91.1 Å². The number of nitrogens with one attached hydrogen (secondary N) is 1. The molecule has 0 aromatic heterocycles. The van der Waals surface area contributed by atoms with E-state index >= 15 is 0 Å². The van der Waals surface area contributed by atoms with Crippen LogP contribution in [0, 0.1) is 18.8 Å². The van der Waals surface area contributed by atoms with Crippen molar-refractivity contribution in [1.29, 1.82) is 0 Å². The number of amidine groups is 1. The van der Waals surface area contributed by atoms with Crippen LogP contribution in [0.1, 0.15) is 36.8 Å². The van der Waals surface area contributed by atoms with Crippen molar-refractivity contribution in [3.8, 4) is 11.1 Å². The van der Waals surface area contributed by atoms with E-state index < -0.39 is 0 Å². The van der Waals surface area contributed by atoms with Gasteiger partial charge in [-0.2, -0.15) is 4.99 Å². The molecule has 0 radical (unpaired) electrons. The fourth-order valence-corrected chi connectivity index (χ4v) is 3.96. The molecule has 2 amide bonds. The van der Waals surface area contributed by atoms with Crippen LogP contribution in [0.5, 0.6) is 0 Å². The Kier molecular flexibility index (Phi) is 10.5. The van der Waals surface area contributed by atoms with Crippen LogP contribution in [-0.2, 0) is 9.59 Å². The number of anilines is 1. The summed E-state index contributed by atoms with van der Waals surface area (Å²) in [6, 6.07) is 13.6. The van der Waals surface area contributed by atoms with E-state index in [9.17, 15) is 9.59 Å². The van der Waals surface area contributed by atoms with Crippen LogP contribution >= 0.6 is 0 Å². The number of amides is 2. The van der Waals surface area contributed by atoms with Gasteiger partial charge < -0.3 is 27.8 Å². The molecule has 7 N–H and O–H groups in total. The van der Waals surface area contributed by atoms with Crippen LogP contribution in [0.15, 0.2) is 77.1 Å². The van der Waals surface area contributed by atoms with Crippen molar-refractivity contribution < 1.29 is 61.0 Å². The van der Waals surface area contributed by atoms with Gasteiger partial charge in [0.25, 0.3) is 11.8 Å². The van der Waals surface area contributed by atoms with E-state index in [1.165, 1.54) is 6.20 Å². The van der Waals surface area contributed by atoms with Gasteiger partial charge >= 0.3 is 51.4 Å². The van der Waals surface area contributed by atoms with Gasteiger partial charge in [0, 0.05) is 23.5 Å². The van der Waals surface area contributed by atoms with Gasteiger partial charge in [0.1, 0.15) is 5.84 Å². The first-order valence-electron chi connectivity index (χ1n) is 12.4. The second-order valence-corrected chi connectivity index (χ2v) is 9.51. The Hall–Kier alpha value is -2.69. The Labute approximate surface area is 266 Å². The number of hydrogen-bond donors (Lipinski definition) is 4. The summed E-state index contributed by atoms with van der Waals surface area (Å²) < 4.78 is 0. The minimum atomic E-state index is -0.319. The van der Waals surface area contributed by atoms with Crippen LogP contribution in [0.25, 0.3) is 22.1 Å². The van der Waals surface area contributed by atoms with E-state index in [1.807, 2.05) is 49.4 Å². The molecule has 9 heteroatoms. The second kappa shape index (κ2) is 13.4. The number of hydrogen-bond acceptors (Lipinski definition) is 4. The zero-order chi connectivity index (χ0) is 26.5. The van der Waals surface area contributed by atoms with Crippen molar-refractivity contribution in [1.82, 2.24) is 0 Å². The smallest absolute Gasteiger partial charge is 0.686 e. The summed E-state index contributed by atoms with van der Waals surface area (Å²) in [5.41, 5.74) is 23.8. The van der Waals surface area contributed by atoms with Gasteiger partial charge in [-0.1, -0.05) is 24.3 Å². The minimum Gasteiger partial charge on any atom is -0.686 e. The Morgan fingerprint density at radius 1 is 1.03 bits per heavy atom. The average molecular weight is 537 g/mol. The molecule has 2 fully saturated rings. The molecule has 0 heterocycles. The third kappa shape index (κ3) is 7.91. The van der Waals surface area contributed by atoms with Gasteiger partial charge in [-0.15, -0.1) is 12.7 Å². The maximum atomic E-state index is 12.8. The van der Waals surface area contributed by atoms with Crippen molar-refractivity contribution in [2.45, 2.75) is 32.6 Å². The fraction of sp³-hybridized carbons (Fsp3) is 0.276. The summed E-state index contributed by atoms with van der Waals surface area (Å²) in [5.74, 6) is 0.000952. The van der Waals surface area contributed by atoms with Gasteiger partial charge in [-0.25, -0.2) is 0 Å². The standard InChI is InChI=1S/C29H34N6O2.K/c1-17-6-11-23(34-29(37)22(16-30)13-25(31)18-7-8-18)14-24(17)20-4-3-5-21(12-20)26(33-2)15-27(32)35-28(36)19-9-10-19;/h3-6,11-16,18-19H,7-10,31H2,1-2H3,(H6,30,32,33,34,35,36,37);/q;+1/p-1/b25-13-;. The molecule has 2 aliphatic rings. The summed E-state index contributed by atoms with van der Waals surface area (Å²) >= 11 is 0. The van der Waals surface area contributed by atoms with Crippen LogP contribution in [0.3, 0.4) is 0 Å². The van der Waals surface area contributed by atoms with Crippen LogP contribution in [0.4, 0.5) is 5.69 Å². The number of carbonyl (C=O) groups is 2. The topological polar surface area (TPSA) is 151 Å². The van der Waals surface area contributed by atoms with Crippen molar-refractivity contribution in [2.24, 2.45) is 34.0 Å². The number of carbonyl (C=O) groups excluding carboxylic acids is 2. The molecule has 192 valence electrons. The molecule has 2 aromatic carbocycles. The van der Waals surface area contributed by atoms with Crippen molar-refractivity contribution in [3.05, 3.63) is 88.5 Å². The first-order chi connectivity index (χ1) is 17.8. The second-order valence-electron chi connectivity index (χ2n) is 9.51.